The fraction of sp³-hybridized carbons (Fsp3) is 0.600. The molecule has 0 bridgehead atoms. The molecule has 0 aliphatic heterocycles. The molecule has 0 spiro atoms. The van der Waals surface area contributed by atoms with Crippen LogP contribution in [-0.4, -0.2) is 12.7 Å². The number of rotatable bonds is 11. The van der Waals surface area contributed by atoms with Gasteiger partial charge in [-0.05, 0) is 51.3 Å². The minimum atomic E-state index is 0.231. The van der Waals surface area contributed by atoms with Gasteiger partial charge in [0.05, 0.1) is 6.61 Å². The highest BCUT2D eigenvalue weighted by atomic mass is 16.5. The van der Waals surface area contributed by atoms with E-state index in [1.165, 1.54) is 31.2 Å². The van der Waals surface area contributed by atoms with E-state index in [0.29, 0.717) is 6.61 Å². The van der Waals surface area contributed by atoms with E-state index in [1.807, 2.05) is 13.0 Å². The average molecular weight is 304 g/mol. The summed E-state index contributed by atoms with van der Waals surface area (Å²) in [7, 11) is 0. The number of hydrogen-bond acceptors (Lipinski definition) is 2. The normalized spacial score (nSPS) is 12.5. The lowest BCUT2D eigenvalue weighted by Gasteiger charge is -2.20. The number of aryl methyl sites for hydroxylation is 1. The van der Waals surface area contributed by atoms with E-state index >= 15 is 0 Å². The zero-order valence-corrected chi connectivity index (χ0v) is 14.7. The lowest BCUT2D eigenvalue weighted by atomic mass is 10.1. The Hall–Kier alpha value is -1.44. The van der Waals surface area contributed by atoms with Crippen molar-refractivity contribution in [2.75, 3.05) is 6.61 Å². The van der Waals surface area contributed by atoms with Crippen molar-refractivity contribution in [3.63, 3.8) is 0 Å². The summed E-state index contributed by atoms with van der Waals surface area (Å²) in [5.74, 6) is 1.74. The molecule has 1 aromatic rings. The molecule has 0 aliphatic rings. The second-order valence-electron chi connectivity index (χ2n) is 5.78. The molecule has 1 aromatic carbocycles. The molecule has 0 N–H and O–H groups in total. The van der Waals surface area contributed by atoms with Crippen molar-refractivity contribution in [3.8, 4) is 11.5 Å². The lowest BCUT2D eigenvalue weighted by Crippen LogP contribution is -2.16. The number of ether oxygens (including phenoxy) is 2. The third-order valence-electron chi connectivity index (χ3n) is 3.71. The summed E-state index contributed by atoms with van der Waals surface area (Å²) < 4.78 is 12.0. The maximum Gasteiger partial charge on any atom is 0.161 e. The van der Waals surface area contributed by atoms with Crippen LogP contribution in [0.15, 0.2) is 30.4 Å². The molecule has 0 aromatic heterocycles. The topological polar surface area (TPSA) is 18.5 Å². The van der Waals surface area contributed by atoms with Crippen molar-refractivity contribution in [1.29, 1.82) is 0 Å². The Morgan fingerprint density at radius 1 is 1.09 bits per heavy atom. The summed E-state index contributed by atoms with van der Waals surface area (Å²) in [5.41, 5.74) is 1.20. The van der Waals surface area contributed by atoms with Crippen LogP contribution in [0.5, 0.6) is 11.5 Å². The fourth-order valence-corrected chi connectivity index (χ4v) is 2.47. The highest BCUT2D eigenvalue weighted by Gasteiger charge is 2.13. The first-order chi connectivity index (χ1) is 10.7. The van der Waals surface area contributed by atoms with Crippen molar-refractivity contribution in [3.05, 3.63) is 35.9 Å². The molecule has 0 saturated heterocycles. The van der Waals surface area contributed by atoms with Gasteiger partial charge in [-0.3, -0.25) is 0 Å². The monoisotopic (exact) mass is 304 g/mol. The van der Waals surface area contributed by atoms with Gasteiger partial charge in [0.25, 0.3) is 0 Å². The first kappa shape index (κ1) is 18.6. The van der Waals surface area contributed by atoms with E-state index in [4.69, 9.17) is 9.47 Å². The maximum atomic E-state index is 6.26. The van der Waals surface area contributed by atoms with Gasteiger partial charge in [-0.1, -0.05) is 44.4 Å². The van der Waals surface area contributed by atoms with E-state index in [9.17, 15) is 0 Å². The fourth-order valence-electron chi connectivity index (χ4n) is 2.47. The van der Waals surface area contributed by atoms with Gasteiger partial charge < -0.3 is 9.47 Å². The zero-order chi connectivity index (χ0) is 16.2. The van der Waals surface area contributed by atoms with Gasteiger partial charge in [0.2, 0.25) is 0 Å². The quantitative estimate of drug-likeness (QED) is 0.364. The standard InChI is InChI=1S/C20H32O2/c1-5-8-10-11-13-18(12-9-6-2)22-19-15-14-17(4)16-20(19)21-7-3/h6,9,14-16,18H,5,7-8,10-13H2,1-4H3/b9-6+. The molecule has 1 atom stereocenters. The molecular formula is C20H32O2. The molecule has 2 nitrogen and oxygen atoms in total. The van der Waals surface area contributed by atoms with Gasteiger partial charge in [0, 0.05) is 6.42 Å². The van der Waals surface area contributed by atoms with Crippen LogP contribution in [0, 0.1) is 6.92 Å². The molecule has 1 rings (SSSR count). The molecule has 0 amide bonds. The molecular weight excluding hydrogens is 272 g/mol. The Kier molecular flexibility index (Phi) is 9.45. The zero-order valence-electron chi connectivity index (χ0n) is 14.7. The third kappa shape index (κ3) is 7.02. The van der Waals surface area contributed by atoms with Crippen molar-refractivity contribution < 1.29 is 9.47 Å². The Bertz CT molecular complexity index is 437. The van der Waals surface area contributed by atoms with Crippen LogP contribution in [0.1, 0.15) is 64.9 Å². The van der Waals surface area contributed by atoms with Crippen LogP contribution in [-0.2, 0) is 0 Å². The predicted octanol–water partition coefficient (Wildman–Crippen LogP) is 6.08. The van der Waals surface area contributed by atoms with E-state index in [1.54, 1.807) is 0 Å². The predicted molar refractivity (Wildman–Crippen MR) is 95.0 cm³/mol. The second-order valence-corrected chi connectivity index (χ2v) is 5.78. The van der Waals surface area contributed by atoms with Crippen molar-refractivity contribution in [2.24, 2.45) is 0 Å². The molecule has 0 heterocycles. The summed E-state index contributed by atoms with van der Waals surface area (Å²) in [5, 5.41) is 0. The van der Waals surface area contributed by atoms with Crippen LogP contribution in [0.25, 0.3) is 0 Å². The van der Waals surface area contributed by atoms with Gasteiger partial charge in [-0.15, -0.1) is 0 Å². The molecule has 0 fully saturated rings. The average Bonchev–Trinajstić information content (AvgIpc) is 2.51. The highest BCUT2D eigenvalue weighted by Crippen LogP contribution is 2.30. The summed E-state index contributed by atoms with van der Waals surface area (Å²) >= 11 is 0. The number of hydrogen-bond donors (Lipinski definition) is 0. The third-order valence-corrected chi connectivity index (χ3v) is 3.71. The van der Waals surface area contributed by atoms with E-state index in [-0.39, 0.29) is 6.10 Å². The number of allylic oxidation sites excluding steroid dienone is 1. The Morgan fingerprint density at radius 3 is 2.59 bits per heavy atom. The molecule has 0 radical (unpaired) electrons. The largest absolute Gasteiger partial charge is 0.490 e. The Balaban J connectivity index is 2.70. The number of unbranched alkanes of at least 4 members (excludes halogenated alkanes) is 3. The Morgan fingerprint density at radius 2 is 1.91 bits per heavy atom. The minimum Gasteiger partial charge on any atom is -0.490 e. The van der Waals surface area contributed by atoms with Gasteiger partial charge in [0.15, 0.2) is 11.5 Å². The molecule has 124 valence electrons. The second kappa shape index (κ2) is 11.2. The molecule has 0 aliphatic carbocycles. The Labute approximate surface area is 136 Å². The van der Waals surface area contributed by atoms with Crippen LogP contribution < -0.4 is 9.47 Å². The van der Waals surface area contributed by atoms with Crippen LogP contribution in [0.3, 0.4) is 0 Å². The van der Waals surface area contributed by atoms with E-state index in [2.05, 4.69) is 45.1 Å². The molecule has 0 saturated carbocycles. The van der Waals surface area contributed by atoms with Gasteiger partial charge in [-0.25, -0.2) is 0 Å². The van der Waals surface area contributed by atoms with E-state index < -0.39 is 0 Å². The van der Waals surface area contributed by atoms with Gasteiger partial charge >= 0.3 is 0 Å². The smallest absolute Gasteiger partial charge is 0.161 e. The summed E-state index contributed by atoms with van der Waals surface area (Å²) in [6.07, 6.45) is 11.7. The first-order valence-electron chi connectivity index (χ1n) is 8.72. The van der Waals surface area contributed by atoms with Crippen LogP contribution in [0.2, 0.25) is 0 Å². The van der Waals surface area contributed by atoms with E-state index in [0.717, 1.165) is 24.3 Å². The SMILES string of the molecule is C/C=C/CC(CCCCCC)Oc1ccc(C)cc1OCC. The van der Waals surface area contributed by atoms with Crippen molar-refractivity contribution in [1.82, 2.24) is 0 Å². The summed E-state index contributed by atoms with van der Waals surface area (Å²) in [6.45, 7) is 9.05. The molecule has 1 unspecified atom stereocenters. The van der Waals surface area contributed by atoms with Crippen molar-refractivity contribution >= 4 is 0 Å². The van der Waals surface area contributed by atoms with Crippen LogP contribution >= 0.6 is 0 Å². The van der Waals surface area contributed by atoms with Crippen molar-refractivity contribution in [2.45, 2.75) is 72.3 Å². The summed E-state index contributed by atoms with van der Waals surface area (Å²) in [4.78, 5) is 0. The maximum absolute atomic E-state index is 6.26. The van der Waals surface area contributed by atoms with Gasteiger partial charge in [-0.2, -0.15) is 0 Å². The minimum absolute atomic E-state index is 0.231. The first-order valence-corrected chi connectivity index (χ1v) is 8.72. The summed E-state index contributed by atoms with van der Waals surface area (Å²) in [6, 6.07) is 6.18. The number of benzene rings is 1. The lowest BCUT2D eigenvalue weighted by molar-refractivity contribution is 0.179. The molecule has 22 heavy (non-hydrogen) atoms. The van der Waals surface area contributed by atoms with Gasteiger partial charge in [0.1, 0.15) is 6.10 Å². The van der Waals surface area contributed by atoms with Crippen LogP contribution in [0.4, 0.5) is 0 Å². The highest BCUT2D eigenvalue weighted by molar-refractivity contribution is 5.42. The molecule has 2 heteroatoms.